The summed E-state index contributed by atoms with van der Waals surface area (Å²) < 4.78 is 3.63. The molecule has 2 heterocycles. The molecule has 0 radical (unpaired) electrons. The van der Waals surface area contributed by atoms with E-state index in [0.717, 1.165) is 13.0 Å². The maximum atomic E-state index is 10.1. The van der Waals surface area contributed by atoms with Crippen molar-refractivity contribution in [3.05, 3.63) is 36.2 Å². The predicted octanol–water partition coefficient (Wildman–Crippen LogP) is 1.11. The van der Waals surface area contributed by atoms with Gasteiger partial charge in [0, 0.05) is 32.2 Å². The number of rotatable bonds is 4. The Kier molecular flexibility index (Phi) is 3.05. The molecule has 1 unspecified atom stereocenters. The van der Waals surface area contributed by atoms with Gasteiger partial charge in [-0.2, -0.15) is 5.10 Å². The summed E-state index contributed by atoms with van der Waals surface area (Å²) in [6.45, 7) is 2.95. The molecule has 2 aromatic rings. The number of aliphatic hydroxyl groups is 1. The minimum absolute atomic E-state index is 0.631. The highest BCUT2D eigenvalue weighted by molar-refractivity contribution is 5.13. The van der Waals surface area contributed by atoms with Gasteiger partial charge in [0.1, 0.15) is 5.82 Å². The Morgan fingerprint density at radius 1 is 1.44 bits per heavy atom. The van der Waals surface area contributed by atoms with Crippen molar-refractivity contribution >= 4 is 0 Å². The van der Waals surface area contributed by atoms with Crippen LogP contribution in [0.5, 0.6) is 0 Å². The summed E-state index contributed by atoms with van der Waals surface area (Å²) in [5.74, 6) is 0.653. The van der Waals surface area contributed by atoms with Crippen molar-refractivity contribution in [2.75, 3.05) is 0 Å². The van der Waals surface area contributed by atoms with Crippen LogP contribution in [0.3, 0.4) is 0 Å². The fraction of sp³-hybridized carbons (Fsp3) is 0.455. The second-order valence-corrected chi connectivity index (χ2v) is 3.80. The highest BCUT2D eigenvalue weighted by atomic mass is 16.3. The number of aryl methyl sites for hydroxylation is 2. The zero-order valence-electron chi connectivity index (χ0n) is 9.54. The van der Waals surface area contributed by atoms with Crippen LogP contribution in [0.4, 0.5) is 0 Å². The molecular weight excluding hydrogens is 204 g/mol. The molecule has 1 N–H and O–H groups in total. The molecular formula is C11H16N4O. The predicted molar refractivity (Wildman–Crippen MR) is 59.8 cm³/mol. The molecule has 0 fully saturated rings. The first kappa shape index (κ1) is 10.9. The standard InChI is InChI=1S/C11H16N4O/c1-3-6-15-8-5-12-11(15)10(16)9-4-7-14(2)13-9/h4-5,7-8,10,16H,3,6H2,1-2H3. The van der Waals surface area contributed by atoms with Crippen LogP contribution < -0.4 is 0 Å². The zero-order chi connectivity index (χ0) is 11.5. The monoisotopic (exact) mass is 220 g/mol. The molecule has 0 aromatic carbocycles. The number of nitrogens with zero attached hydrogens (tertiary/aromatic N) is 4. The lowest BCUT2D eigenvalue weighted by molar-refractivity contribution is 0.198. The maximum absolute atomic E-state index is 10.1. The van der Waals surface area contributed by atoms with Crippen LogP contribution >= 0.6 is 0 Å². The fourth-order valence-electron chi connectivity index (χ4n) is 1.71. The molecule has 2 aromatic heterocycles. The van der Waals surface area contributed by atoms with Gasteiger partial charge in [-0.3, -0.25) is 4.68 Å². The Labute approximate surface area is 94.4 Å². The zero-order valence-corrected chi connectivity index (χ0v) is 9.54. The van der Waals surface area contributed by atoms with Crippen LogP contribution in [0.2, 0.25) is 0 Å². The van der Waals surface area contributed by atoms with Crippen LogP contribution in [-0.2, 0) is 13.6 Å². The molecule has 1 atom stereocenters. The van der Waals surface area contributed by atoms with Crippen molar-refractivity contribution in [1.29, 1.82) is 0 Å². The second-order valence-electron chi connectivity index (χ2n) is 3.80. The van der Waals surface area contributed by atoms with E-state index in [0.29, 0.717) is 11.5 Å². The lowest BCUT2D eigenvalue weighted by Crippen LogP contribution is -2.10. The molecule has 0 aliphatic heterocycles. The van der Waals surface area contributed by atoms with Gasteiger partial charge in [-0.25, -0.2) is 4.98 Å². The number of aromatic nitrogens is 4. The van der Waals surface area contributed by atoms with Gasteiger partial charge in [0.15, 0.2) is 6.10 Å². The summed E-state index contributed by atoms with van der Waals surface area (Å²) in [5.41, 5.74) is 0.631. The Bertz CT molecular complexity index is 460. The third kappa shape index (κ3) is 1.99. The number of imidazole rings is 1. The number of hydrogen-bond acceptors (Lipinski definition) is 3. The van der Waals surface area contributed by atoms with Crippen molar-refractivity contribution in [3.63, 3.8) is 0 Å². The molecule has 0 saturated heterocycles. The molecule has 0 spiro atoms. The van der Waals surface area contributed by atoms with Gasteiger partial charge in [0.25, 0.3) is 0 Å². The van der Waals surface area contributed by atoms with Crippen LogP contribution in [0.1, 0.15) is 31.0 Å². The van der Waals surface area contributed by atoms with Crippen LogP contribution in [0.15, 0.2) is 24.7 Å². The van der Waals surface area contributed by atoms with Gasteiger partial charge in [0.2, 0.25) is 0 Å². The summed E-state index contributed by atoms with van der Waals surface area (Å²) in [5, 5.41) is 14.3. The molecule has 0 saturated carbocycles. The van der Waals surface area contributed by atoms with Gasteiger partial charge in [-0.05, 0) is 12.5 Å². The van der Waals surface area contributed by atoms with E-state index in [1.165, 1.54) is 0 Å². The van der Waals surface area contributed by atoms with E-state index >= 15 is 0 Å². The molecule has 16 heavy (non-hydrogen) atoms. The Morgan fingerprint density at radius 3 is 2.88 bits per heavy atom. The van der Waals surface area contributed by atoms with Crippen molar-refractivity contribution in [2.24, 2.45) is 7.05 Å². The minimum atomic E-state index is -0.747. The van der Waals surface area contributed by atoms with Gasteiger partial charge in [0.05, 0.1) is 5.69 Å². The first-order chi connectivity index (χ1) is 7.72. The first-order valence-corrected chi connectivity index (χ1v) is 5.41. The van der Waals surface area contributed by atoms with Crippen molar-refractivity contribution < 1.29 is 5.11 Å². The smallest absolute Gasteiger partial charge is 0.155 e. The Morgan fingerprint density at radius 2 is 2.25 bits per heavy atom. The van der Waals surface area contributed by atoms with Gasteiger partial charge < -0.3 is 9.67 Å². The largest absolute Gasteiger partial charge is 0.379 e. The average Bonchev–Trinajstić information content (AvgIpc) is 2.87. The molecule has 0 aliphatic rings. The van der Waals surface area contributed by atoms with E-state index in [4.69, 9.17) is 0 Å². The Hall–Kier alpha value is -1.62. The third-order valence-electron chi connectivity index (χ3n) is 2.47. The molecule has 0 amide bonds. The summed E-state index contributed by atoms with van der Waals surface area (Å²) in [6.07, 6.45) is 5.66. The summed E-state index contributed by atoms with van der Waals surface area (Å²) >= 11 is 0. The SMILES string of the molecule is CCCn1ccnc1C(O)c1ccn(C)n1. The van der Waals surface area contributed by atoms with Gasteiger partial charge in [-0.1, -0.05) is 6.92 Å². The van der Waals surface area contributed by atoms with E-state index in [-0.39, 0.29) is 0 Å². The quantitative estimate of drug-likeness (QED) is 0.839. The molecule has 5 heteroatoms. The van der Waals surface area contributed by atoms with Crippen molar-refractivity contribution in [1.82, 2.24) is 19.3 Å². The summed E-state index contributed by atoms with van der Waals surface area (Å²) in [6, 6.07) is 1.80. The van der Waals surface area contributed by atoms with Crippen molar-refractivity contribution in [2.45, 2.75) is 26.0 Å². The van der Waals surface area contributed by atoms with Gasteiger partial charge >= 0.3 is 0 Å². The highest BCUT2D eigenvalue weighted by Gasteiger charge is 2.17. The topological polar surface area (TPSA) is 55.9 Å². The molecule has 0 bridgehead atoms. The summed E-state index contributed by atoms with van der Waals surface area (Å²) in [7, 11) is 1.83. The van der Waals surface area contributed by atoms with E-state index in [9.17, 15) is 5.11 Å². The van der Waals surface area contributed by atoms with E-state index in [2.05, 4.69) is 17.0 Å². The summed E-state index contributed by atoms with van der Waals surface area (Å²) in [4.78, 5) is 4.18. The van der Waals surface area contributed by atoms with E-state index in [1.807, 2.05) is 24.0 Å². The van der Waals surface area contributed by atoms with Gasteiger partial charge in [-0.15, -0.1) is 0 Å². The fourth-order valence-corrected chi connectivity index (χ4v) is 1.71. The Balaban J connectivity index is 2.26. The van der Waals surface area contributed by atoms with Crippen molar-refractivity contribution in [3.8, 4) is 0 Å². The van der Waals surface area contributed by atoms with E-state index < -0.39 is 6.10 Å². The molecule has 0 aliphatic carbocycles. The lowest BCUT2D eigenvalue weighted by Gasteiger charge is -2.10. The minimum Gasteiger partial charge on any atom is -0.379 e. The lowest BCUT2D eigenvalue weighted by atomic mass is 10.2. The van der Waals surface area contributed by atoms with Crippen LogP contribution in [-0.4, -0.2) is 24.4 Å². The maximum Gasteiger partial charge on any atom is 0.155 e. The normalized spacial score (nSPS) is 12.9. The second kappa shape index (κ2) is 4.49. The van der Waals surface area contributed by atoms with Crippen LogP contribution in [0.25, 0.3) is 0 Å². The molecule has 2 rings (SSSR count). The van der Waals surface area contributed by atoms with Crippen LogP contribution in [0, 0.1) is 0 Å². The average molecular weight is 220 g/mol. The van der Waals surface area contributed by atoms with E-state index in [1.54, 1.807) is 16.9 Å². The first-order valence-electron chi connectivity index (χ1n) is 5.41. The third-order valence-corrected chi connectivity index (χ3v) is 2.47. The highest BCUT2D eigenvalue weighted by Crippen LogP contribution is 2.18. The number of aliphatic hydroxyl groups excluding tert-OH is 1. The molecule has 5 nitrogen and oxygen atoms in total. The number of hydrogen-bond donors (Lipinski definition) is 1. The molecule has 86 valence electrons.